The fourth-order valence-electron chi connectivity index (χ4n) is 5.36. The number of nitrogens with zero attached hydrogens (tertiary/aromatic N) is 2. The molecule has 1 aromatic carbocycles. The Bertz CT molecular complexity index is 1240. The van der Waals surface area contributed by atoms with E-state index >= 15 is 0 Å². The third kappa shape index (κ3) is 5.78. The molecule has 0 saturated heterocycles. The molecule has 9 N–H and O–H groups in total. The highest BCUT2D eigenvalue weighted by Crippen LogP contribution is 2.46. The molecule has 0 aliphatic heterocycles. The molecular weight excluding hydrogens is 506 g/mol. The molecule has 0 bridgehead atoms. The van der Waals surface area contributed by atoms with Crippen molar-refractivity contribution in [1.29, 1.82) is 0 Å². The van der Waals surface area contributed by atoms with Crippen LogP contribution < -0.4 is 21.7 Å². The number of hydrogen-bond donors (Lipinski definition) is 7. The first kappa shape index (κ1) is 30.1. The van der Waals surface area contributed by atoms with E-state index in [-0.39, 0.29) is 48.7 Å². The summed E-state index contributed by atoms with van der Waals surface area (Å²) in [6.45, 7) is 2.54. The van der Waals surface area contributed by atoms with Gasteiger partial charge in [-0.15, -0.1) is 0 Å². The summed E-state index contributed by atoms with van der Waals surface area (Å²) in [7, 11) is 6.92. The van der Waals surface area contributed by atoms with Crippen molar-refractivity contribution in [1.82, 2.24) is 10.2 Å². The molecule has 39 heavy (non-hydrogen) atoms. The van der Waals surface area contributed by atoms with Gasteiger partial charge in [-0.2, -0.15) is 0 Å². The van der Waals surface area contributed by atoms with Crippen LogP contribution in [-0.2, 0) is 27.3 Å². The fourth-order valence-corrected chi connectivity index (χ4v) is 5.36. The molecule has 0 spiro atoms. The molecule has 12 heteroatoms. The van der Waals surface area contributed by atoms with Crippen molar-refractivity contribution < 1.29 is 34.8 Å². The van der Waals surface area contributed by atoms with Gasteiger partial charge in [-0.1, -0.05) is 0 Å². The van der Waals surface area contributed by atoms with Crippen molar-refractivity contribution in [2.45, 2.75) is 50.9 Å². The molecule has 12 nitrogen and oxygen atoms in total. The molecule has 4 atom stereocenters. The number of nitrogens with one attached hydrogen (secondary N) is 1. The second-order valence-corrected chi connectivity index (χ2v) is 10.7. The van der Waals surface area contributed by atoms with E-state index in [1.807, 2.05) is 25.9 Å². The number of aliphatic hydroxyl groups is 3. The number of phenolic OH excluding ortho intramolecular Hbond substituents is 1. The van der Waals surface area contributed by atoms with Gasteiger partial charge in [0.15, 0.2) is 11.9 Å². The second-order valence-electron chi connectivity index (χ2n) is 10.7. The van der Waals surface area contributed by atoms with Crippen LogP contribution in [0.15, 0.2) is 23.0 Å². The van der Waals surface area contributed by atoms with Gasteiger partial charge in [-0.3, -0.25) is 19.3 Å². The van der Waals surface area contributed by atoms with Gasteiger partial charge >= 0.3 is 0 Å². The van der Waals surface area contributed by atoms with Crippen molar-refractivity contribution >= 4 is 28.9 Å². The lowest BCUT2D eigenvalue weighted by atomic mass is 9.74. The zero-order valence-electron chi connectivity index (χ0n) is 23.0. The van der Waals surface area contributed by atoms with Crippen molar-refractivity contribution in [3.8, 4) is 5.75 Å². The molecule has 1 amide bonds. The third-order valence-corrected chi connectivity index (χ3v) is 7.32. The first-order chi connectivity index (χ1) is 18.2. The van der Waals surface area contributed by atoms with Crippen LogP contribution in [0.3, 0.4) is 0 Å². The van der Waals surface area contributed by atoms with E-state index < -0.39 is 52.6 Å². The first-order valence-electron chi connectivity index (χ1n) is 12.8. The maximum Gasteiger partial charge on any atom is 0.255 e. The van der Waals surface area contributed by atoms with Gasteiger partial charge in [0, 0.05) is 50.1 Å². The average Bonchev–Trinajstić information content (AvgIpc) is 2.83. The Kier molecular flexibility index (Phi) is 9.06. The molecule has 0 fully saturated rings. The lowest BCUT2D eigenvalue weighted by molar-refractivity contribution is -0.135. The van der Waals surface area contributed by atoms with E-state index in [4.69, 9.17) is 11.5 Å². The predicted octanol–water partition coefficient (Wildman–Crippen LogP) is -0.143. The molecule has 1 aromatic rings. The Morgan fingerprint density at radius 3 is 2.31 bits per heavy atom. The van der Waals surface area contributed by atoms with Gasteiger partial charge in [0.2, 0.25) is 5.78 Å². The number of Topliss-reactive ketones (excluding diaryl/α,β-unsaturated/α-hetero) is 2. The van der Waals surface area contributed by atoms with Crippen LogP contribution in [0.1, 0.15) is 36.5 Å². The smallest absolute Gasteiger partial charge is 0.255 e. The number of amides is 1. The van der Waals surface area contributed by atoms with E-state index in [1.54, 1.807) is 25.1 Å². The first-order valence-corrected chi connectivity index (χ1v) is 12.8. The summed E-state index contributed by atoms with van der Waals surface area (Å²) in [5.41, 5.74) is 11.9. The van der Waals surface area contributed by atoms with Gasteiger partial charge in [0.1, 0.15) is 22.8 Å². The summed E-state index contributed by atoms with van der Waals surface area (Å²) in [6, 6.07) is 0.859. The van der Waals surface area contributed by atoms with Crippen LogP contribution in [0.5, 0.6) is 5.75 Å². The number of ketones is 2. The van der Waals surface area contributed by atoms with E-state index in [9.17, 15) is 34.8 Å². The molecule has 0 aromatic heterocycles. The molecule has 0 radical (unpaired) electrons. The maximum atomic E-state index is 13.5. The van der Waals surface area contributed by atoms with E-state index in [0.29, 0.717) is 17.7 Å². The number of primary amides is 1. The number of likely N-dealkylation sites (N-methyl/N-ethyl adjacent to an activating group) is 1. The highest BCUT2D eigenvalue weighted by atomic mass is 16.3. The SMILES string of the molecule is CC(N)CNCc1cc(N(C)C)c2c(c1O)C(O)=C1C(=O)[C@H](O)C(=O)/C(C(N)=O)=C(/O)C(N(C)C)CCC1C2. The topological polar surface area (TPSA) is 203 Å². The third-order valence-electron chi connectivity index (χ3n) is 7.32. The molecule has 2 aliphatic rings. The Hall–Kier alpha value is -3.45. The summed E-state index contributed by atoms with van der Waals surface area (Å²) in [5.74, 6) is -5.79. The van der Waals surface area contributed by atoms with Crippen molar-refractivity contribution in [3.05, 3.63) is 39.7 Å². The van der Waals surface area contributed by atoms with Crippen molar-refractivity contribution in [2.75, 3.05) is 39.6 Å². The number of nitrogens with two attached hydrogens (primary N) is 2. The maximum absolute atomic E-state index is 13.5. The van der Waals surface area contributed by atoms with Crippen LogP contribution in [0.4, 0.5) is 5.69 Å². The van der Waals surface area contributed by atoms with Gasteiger partial charge in [0.25, 0.3) is 5.91 Å². The lowest BCUT2D eigenvalue weighted by Crippen LogP contribution is -2.43. The standard InChI is InChI=1S/C27H39N5O7/c1-12(28)10-30-11-14-9-17(32(4)5)15-8-13-6-7-16(31(2)3)22(34)20(27(29)39)25(37)26(38)24(36)18(13)23(35)19(15)21(14)33/h9,12-13,16,26,30,33-35,38H,6-8,10-11,28H2,1-5H3,(H2,29,39)/b22-20-/t12?,13?,16?,26-/m0/s1. The van der Waals surface area contributed by atoms with Gasteiger partial charge in [-0.05, 0) is 57.8 Å². The zero-order chi connectivity index (χ0) is 29.3. The normalized spacial score (nSPS) is 24.9. The number of hydrogen-bond acceptors (Lipinski definition) is 11. The fraction of sp³-hybridized carbons (Fsp3) is 0.519. The van der Waals surface area contributed by atoms with Gasteiger partial charge < -0.3 is 42.1 Å². The summed E-state index contributed by atoms with van der Waals surface area (Å²) in [5, 5.41) is 47.5. The number of anilines is 1. The summed E-state index contributed by atoms with van der Waals surface area (Å²) >= 11 is 0. The average molecular weight is 546 g/mol. The minimum absolute atomic E-state index is 0.0489. The summed E-state index contributed by atoms with van der Waals surface area (Å²) in [4.78, 5) is 42.1. The van der Waals surface area contributed by atoms with Crippen LogP contribution >= 0.6 is 0 Å². The minimum atomic E-state index is -2.39. The monoisotopic (exact) mass is 545 g/mol. The largest absolute Gasteiger partial charge is 0.510 e. The predicted molar refractivity (Wildman–Crippen MR) is 146 cm³/mol. The molecule has 0 saturated carbocycles. The highest BCUT2D eigenvalue weighted by molar-refractivity contribution is 6.29. The summed E-state index contributed by atoms with van der Waals surface area (Å²) in [6.07, 6.45) is -1.73. The Balaban J connectivity index is 2.24. The number of phenols is 1. The van der Waals surface area contributed by atoms with Crippen LogP contribution in [0, 0.1) is 5.92 Å². The summed E-state index contributed by atoms with van der Waals surface area (Å²) < 4.78 is 0. The van der Waals surface area contributed by atoms with Gasteiger partial charge in [-0.25, -0.2) is 0 Å². The quantitative estimate of drug-likeness (QED) is 0.177. The number of benzene rings is 1. The van der Waals surface area contributed by atoms with Crippen LogP contribution in [-0.4, -0.2) is 95.7 Å². The molecule has 3 rings (SSSR count). The molecule has 2 aliphatic carbocycles. The zero-order valence-corrected chi connectivity index (χ0v) is 23.0. The Morgan fingerprint density at radius 1 is 1.13 bits per heavy atom. The van der Waals surface area contributed by atoms with E-state index in [2.05, 4.69) is 5.32 Å². The van der Waals surface area contributed by atoms with E-state index in [1.165, 1.54) is 0 Å². The Morgan fingerprint density at radius 2 is 1.77 bits per heavy atom. The van der Waals surface area contributed by atoms with Gasteiger partial charge in [0.05, 0.1) is 11.6 Å². The Labute approximate surface area is 227 Å². The molecular formula is C27H39N5O7. The van der Waals surface area contributed by atoms with Crippen molar-refractivity contribution in [2.24, 2.45) is 17.4 Å². The molecule has 0 heterocycles. The highest BCUT2D eigenvalue weighted by Gasteiger charge is 2.43. The lowest BCUT2D eigenvalue weighted by Gasteiger charge is -2.34. The van der Waals surface area contributed by atoms with E-state index in [0.717, 1.165) is 5.69 Å². The van der Waals surface area contributed by atoms with Crippen LogP contribution in [0.25, 0.3) is 5.76 Å². The number of carbonyl (C=O) groups is 3. The van der Waals surface area contributed by atoms with Crippen molar-refractivity contribution in [3.63, 3.8) is 0 Å². The number of carbonyl (C=O) groups excluding carboxylic acids is 3. The number of fused-ring (bicyclic) bond motifs is 2. The molecule has 214 valence electrons. The minimum Gasteiger partial charge on any atom is -0.510 e. The second kappa shape index (κ2) is 11.7. The number of rotatable bonds is 7. The number of aliphatic hydroxyl groups excluding tert-OH is 3. The van der Waals surface area contributed by atoms with Crippen LogP contribution in [0.2, 0.25) is 0 Å². The molecule has 3 unspecified atom stereocenters. The number of aromatic hydroxyl groups is 1.